The number of guanidine groups is 1. The summed E-state index contributed by atoms with van der Waals surface area (Å²) in [4.78, 5) is 20.3. The van der Waals surface area contributed by atoms with E-state index >= 15 is 0 Å². The molecule has 0 aliphatic carbocycles. The Balaban J connectivity index is 2.09. The van der Waals surface area contributed by atoms with Crippen molar-refractivity contribution in [3.05, 3.63) is 62.4 Å². The van der Waals surface area contributed by atoms with E-state index in [0.717, 1.165) is 0 Å². The highest BCUT2D eigenvalue weighted by Crippen LogP contribution is 2.25. The van der Waals surface area contributed by atoms with Crippen molar-refractivity contribution in [1.29, 1.82) is 0 Å². The topological polar surface area (TPSA) is 163 Å². The Morgan fingerprint density at radius 3 is 2.70 bits per heavy atom. The van der Waals surface area contributed by atoms with Crippen LogP contribution in [0.15, 0.2) is 56.1 Å². The summed E-state index contributed by atoms with van der Waals surface area (Å²) >= 11 is 0. The van der Waals surface area contributed by atoms with Crippen molar-refractivity contribution >= 4 is 11.6 Å². The van der Waals surface area contributed by atoms with Crippen molar-refractivity contribution in [1.82, 2.24) is 0 Å². The van der Waals surface area contributed by atoms with Crippen molar-refractivity contribution in [3.63, 3.8) is 0 Å². The zero-order valence-electron chi connectivity index (χ0n) is 11.5. The van der Waals surface area contributed by atoms with Crippen LogP contribution in [0.5, 0.6) is 0 Å². The lowest BCUT2D eigenvalue weighted by molar-refractivity contribution is -0.485. The molecule has 0 bridgehead atoms. The third-order valence-corrected chi connectivity index (χ3v) is 2.59. The van der Waals surface area contributed by atoms with E-state index in [1.165, 1.54) is 12.1 Å². The normalized spacial score (nSPS) is 11.7. The van der Waals surface area contributed by atoms with E-state index in [0.29, 0.717) is 17.1 Å². The fraction of sp³-hybridized carbons (Fsp3) is 0.0833. The minimum atomic E-state index is -0.984. The molecule has 0 spiro atoms. The lowest BCUT2D eigenvalue weighted by Gasteiger charge is -1.97. The monoisotopic (exact) mass is 318 g/mol. The molecule has 0 radical (unpaired) electrons. The molecule has 11 nitrogen and oxygen atoms in total. The number of nitrogens with zero attached hydrogens (tertiary/aromatic N) is 5. The number of nitro benzene ring substituents is 1. The second-order valence-corrected chi connectivity index (χ2v) is 4.17. The molecule has 0 unspecified atom stereocenters. The van der Waals surface area contributed by atoms with Crippen LogP contribution >= 0.6 is 0 Å². The van der Waals surface area contributed by atoms with Crippen molar-refractivity contribution in [3.8, 4) is 11.3 Å². The highest BCUT2D eigenvalue weighted by molar-refractivity contribution is 5.77. The Labute approximate surface area is 128 Å². The van der Waals surface area contributed by atoms with Crippen LogP contribution in [0.2, 0.25) is 0 Å². The van der Waals surface area contributed by atoms with E-state index < -0.39 is 15.9 Å². The van der Waals surface area contributed by atoms with Gasteiger partial charge in [-0.2, -0.15) is 5.11 Å². The first-order valence-electron chi connectivity index (χ1n) is 6.15. The van der Waals surface area contributed by atoms with Gasteiger partial charge in [0, 0.05) is 17.7 Å². The van der Waals surface area contributed by atoms with Crippen LogP contribution in [0.1, 0.15) is 5.76 Å². The van der Waals surface area contributed by atoms with Gasteiger partial charge in [-0.25, -0.2) is 10.1 Å². The largest absolute Gasteiger partial charge is 0.459 e. The maximum absolute atomic E-state index is 10.7. The Hall–Kier alpha value is -3.63. The molecule has 0 fully saturated rings. The molecular weight excluding hydrogens is 308 g/mol. The van der Waals surface area contributed by atoms with E-state index in [9.17, 15) is 20.2 Å². The number of hydrazone groups is 1. The number of nitrogens with two attached hydrogens (primary N) is 1. The predicted molar refractivity (Wildman–Crippen MR) is 78.0 cm³/mol. The molecule has 0 aliphatic rings. The maximum atomic E-state index is 10.7. The van der Waals surface area contributed by atoms with Gasteiger partial charge in [0.05, 0.1) is 4.92 Å². The molecule has 2 N–H and O–H groups in total. The van der Waals surface area contributed by atoms with Gasteiger partial charge in [-0.3, -0.25) is 10.1 Å². The van der Waals surface area contributed by atoms with E-state index in [1.807, 2.05) is 0 Å². The Bertz CT molecular complexity index is 797. The molecule has 0 amide bonds. The minimum absolute atomic E-state index is 0.0111. The number of nitro groups is 2. The minimum Gasteiger partial charge on any atom is -0.459 e. The molecule has 0 saturated heterocycles. The summed E-state index contributed by atoms with van der Waals surface area (Å²) in [6.07, 6.45) is 0. The lowest BCUT2D eigenvalue weighted by Crippen LogP contribution is -2.09. The van der Waals surface area contributed by atoms with Crippen LogP contribution in [0.3, 0.4) is 0 Å². The maximum Gasteiger partial charge on any atom is 0.310 e. The molecular formula is C12H10N6O5. The molecule has 0 saturated carbocycles. The third-order valence-electron chi connectivity index (χ3n) is 2.59. The van der Waals surface area contributed by atoms with Crippen LogP contribution in [-0.2, 0) is 6.54 Å². The summed E-state index contributed by atoms with van der Waals surface area (Å²) in [6, 6.07) is 9.19. The first-order chi connectivity index (χ1) is 11.0. The lowest BCUT2D eigenvalue weighted by atomic mass is 10.1. The molecule has 1 heterocycles. The second kappa shape index (κ2) is 6.89. The van der Waals surface area contributed by atoms with Crippen LogP contribution in [-0.4, -0.2) is 15.9 Å². The van der Waals surface area contributed by atoms with Gasteiger partial charge in [-0.1, -0.05) is 12.1 Å². The highest BCUT2D eigenvalue weighted by atomic mass is 16.7. The first kappa shape index (κ1) is 15.8. The highest BCUT2D eigenvalue weighted by Gasteiger charge is 2.10. The number of hydrogen-bond acceptors (Lipinski definition) is 6. The van der Waals surface area contributed by atoms with Gasteiger partial charge >= 0.3 is 5.96 Å². The molecule has 23 heavy (non-hydrogen) atoms. The van der Waals surface area contributed by atoms with Crippen LogP contribution < -0.4 is 5.73 Å². The van der Waals surface area contributed by atoms with Crippen molar-refractivity contribution < 1.29 is 14.4 Å². The van der Waals surface area contributed by atoms with Gasteiger partial charge in [0.25, 0.3) is 5.69 Å². The molecule has 118 valence electrons. The summed E-state index contributed by atoms with van der Waals surface area (Å²) in [5.74, 6) is 0.246. The number of furan rings is 1. The average molecular weight is 318 g/mol. The Morgan fingerprint density at radius 2 is 2.00 bits per heavy atom. The zero-order valence-corrected chi connectivity index (χ0v) is 11.5. The summed E-state index contributed by atoms with van der Waals surface area (Å²) in [5.41, 5.74) is 5.62. The van der Waals surface area contributed by atoms with Crippen molar-refractivity contribution in [2.24, 2.45) is 21.1 Å². The smallest absolute Gasteiger partial charge is 0.310 e. The average Bonchev–Trinajstić information content (AvgIpc) is 2.95. The number of hydrogen-bond donors (Lipinski definition) is 1. The molecule has 1 aromatic carbocycles. The Kier molecular flexibility index (Phi) is 4.72. The Morgan fingerprint density at radius 1 is 1.22 bits per heavy atom. The van der Waals surface area contributed by atoms with E-state index in [-0.39, 0.29) is 12.2 Å². The summed E-state index contributed by atoms with van der Waals surface area (Å²) in [6.45, 7) is -0.0111. The third kappa shape index (κ3) is 4.42. The van der Waals surface area contributed by atoms with Crippen molar-refractivity contribution in [2.75, 3.05) is 0 Å². The molecule has 1 aromatic heterocycles. The van der Waals surface area contributed by atoms with Crippen LogP contribution in [0, 0.1) is 20.2 Å². The van der Waals surface area contributed by atoms with E-state index in [2.05, 4.69) is 15.3 Å². The fourth-order valence-electron chi connectivity index (χ4n) is 1.67. The summed E-state index contributed by atoms with van der Waals surface area (Å²) in [5, 5.41) is 29.5. The van der Waals surface area contributed by atoms with E-state index in [4.69, 9.17) is 10.2 Å². The van der Waals surface area contributed by atoms with Gasteiger partial charge in [-0.05, 0) is 12.1 Å². The quantitative estimate of drug-likeness (QED) is 0.292. The number of azo groups is 1. The zero-order chi connectivity index (χ0) is 16.8. The molecule has 2 aromatic rings. The van der Waals surface area contributed by atoms with Gasteiger partial charge in [0.1, 0.15) is 23.2 Å². The SMILES string of the molecule is N/C(N=NCc1ccc(-c2cccc([N+](=O)[O-])c2)o1)=N\[N+](=O)[O-]. The molecule has 0 atom stereocenters. The number of benzene rings is 1. The fourth-order valence-corrected chi connectivity index (χ4v) is 1.67. The molecule has 0 aliphatic heterocycles. The number of rotatable bonds is 5. The van der Waals surface area contributed by atoms with Gasteiger partial charge in [0.2, 0.25) is 0 Å². The molecule has 11 heteroatoms. The summed E-state index contributed by atoms with van der Waals surface area (Å²) < 4.78 is 5.48. The first-order valence-corrected chi connectivity index (χ1v) is 6.15. The standard InChI is InChI=1S/C12H10N6O5/c13-12(16-18(21)22)15-14-7-10-4-5-11(23-10)8-2-1-3-9(6-8)17(19)20/h1-6H,7H2,(H2,13,16). The van der Waals surface area contributed by atoms with Gasteiger partial charge in [0.15, 0.2) is 5.03 Å². The van der Waals surface area contributed by atoms with Gasteiger partial charge in [-0.15, -0.1) is 5.11 Å². The number of non-ortho nitro benzene ring substituents is 1. The van der Waals surface area contributed by atoms with Crippen LogP contribution in [0.25, 0.3) is 11.3 Å². The van der Waals surface area contributed by atoms with Gasteiger partial charge < -0.3 is 10.2 Å². The molecule has 2 rings (SSSR count). The van der Waals surface area contributed by atoms with Crippen LogP contribution in [0.4, 0.5) is 5.69 Å². The summed E-state index contributed by atoms with van der Waals surface area (Å²) in [7, 11) is 0. The van der Waals surface area contributed by atoms with E-state index in [1.54, 1.807) is 24.3 Å². The predicted octanol–water partition coefficient (Wildman–Crippen LogP) is 2.31. The second-order valence-electron chi connectivity index (χ2n) is 4.17. The van der Waals surface area contributed by atoms with Crippen molar-refractivity contribution in [2.45, 2.75) is 6.54 Å².